The number of phenols is 1. The van der Waals surface area contributed by atoms with Gasteiger partial charge in [-0.25, -0.2) is 0 Å². The van der Waals surface area contributed by atoms with Gasteiger partial charge < -0.3 is 34.0 Å². The summed E-state index contributed by atoms with van der Waals surface area (Å²) in [4.78, 5) is 13.0. The zero-order valence-corrected chi connectivity index (χ0v) is 18.6. The molecule has 1 unspecified atom stereocenters. The van der Waals surface area contributed by atoms with E-state index in [1.165, 1.54) is 25.3 Å². The summed E-state index contributed by atoms with van der Waals surface area (Å²) in [6.07, 6.45) is -0.375. The van der Waals surface area contributed by atoms with E-state index in [9.17, 15) is 28.0 Å². The molecule has 3 aromatic rings. The second kappa shape index (κ2) is 7.54. The van der Waals surface area contributed by atoms with Crippen LogP contribution in [-0.2, 0) is 21.6 Å². The predicted molar refractivity (Wildman–Crippen MR) is 117 cm³/mol. The average Bonchev–Trinajstić information content (AvgIpc) is 3.31. The second-order valence-electron chi connectivity index (χ2n) is 8.07. The summed E-state index contributed by atoms with van der Waals surface area (Å²) in [7, 11) is -3.55. The third-order valence-corrected chi connectivity index (χ3v) is 5.81. The molecule has 0 amide bonds. The van der Waals surface area contributed by atoms with Crippen molar-refractivity contribution in [3.8, 4) is 34.3 Å². The number of phenolic OH excluding ortho intramolecular Hbond substituents is 1. The molecule has 1 aliphatic heterocycles. The summed E-state index contributed by atoms with van der Waals surface area (Å²) in [6.45, 7) is 3.61. The second-order valence-corrected chi connectivity index (χ2v) is 9.09. The van der Waals surface area contributed by atoms with E-state index in [1.54, 1.807) is 13.8 Å². The summed E-state index contributed by atoms with van der Waals surface area (Å²) in [5.74, 6) is -1.88. The van der Waals surface area contributed by atoms with E-state index in [4.69, 9.17) is 19.6 Å². The molecular formula is C21H21NO10S. The highest BCUT2D eigenvalue weighted by Crippen LogP contribution is 2.44. The maximum atomic E-state index is 13.0. The Labute approximate surface area is 187 Å². The smallest absolute Gasteiger partial charge is 0.446 e. The number of epoxide rings is 1. The Morgan fingerprint density at radius 1 is 1.18 bits per heavy atom. The number of nitrogen functional groups attached to an aromatic ring is 1. The van der Waals surface area contributed by atoms with Crippen molar-refractivity contribution < 1.29 is 41.3 Å². The van der Waals surface area contributed by atoms with Gasteiger partial charge in [-0.3, -0.25) is 9.35 Å². The van der Waals surface area contributed by atoms with Crippen LogP contribution >= 0.6 is 0 Å². The molecule has 0 bridgehead atoms. The number of nitrogens with two attached hydrogens (primary N) is 1. The van der Waals surface area contributed by atoms with Gasteiger partial charge in [0.25, 0.3) is 0 Å². The van der Waals surface area contributed by atoms with Gasteiger partial charge in [0.1, 0.15) is 22.5 Å². The van der Waals surface area contributed by atoms with Crippen molar-refractivity contribution in [1.29, 1.82) is 0 Å². The van der Waals surface area contributed by atoms with Gasteiger partial charge in [0.2, 0.25) is 11.2 Å². The molecule has 0 spiro atoms. The van der Waals surface area contributed by atoms with Crippen molar-refractivity contribution in [2.45, 2.75) is 32.0 Å². The van der Waals surface area contributed by atoms with E-state index in [1.807, 2.05) is 0 Å². The molecule has 1 aromatic heterocycles. The number of rotatable bonds is 6. The number of methoxy groups -OCH3 is 1. The number of fused-ring (bicyclic) bond motifs is 1. The molecule has 5 N–H and O–H groups in total. The van der Waals surface area contributed by atoms with Crippen LogP contribution < -0.4 is 20.1 Å². The molecule has 0 saturated carbocycles. The van der Waals surface area contributed by atoms with Crippen molar-refractivity contribution >= 4 is 27.1 Å². The molecule has 1 fully saturated rings. The Balaban J connectivity index is 2.02. The van der Waals surface area contributed by atoms with Crippen molar-refractivity contribution in [2.24, 2.45) is 0 Å². The Morgan fingerprint density at radius 2 is 1.85 bits per heavy atom. The summed E-state index contributed by atoms with van der Waals surface area (Å²) < 4.78 is 53.1. The number of hydrogen-bond acceptors (Lipinski definition) is 10. The van der Waals surface area contributed by atoms with Crippen LogP contribution in [0.2, 0.25) is 0 Å². The van der Waals surface area contributed by atoms with Gasteiger partial charge in [0.05, 0.1) is 24.5 Å². The molecule has 1 saturated heterocycles. The Kier molecular flexibility index (Phi) is 5.19. The highest BCUT2D eigenvalue weighted by molar-refractivity contribution is 7.81. The maximum Gasteiger partial charge on any atom is 0.446 e. The van der Waals surface area contributed by atoms with Crippen molar-refractivity contribution in [3.05, 3.63) is 40.1 Å². The van der Waals surface area contributed by atoms with E-state index in [0.717, 1.165) is 6.07 Å². The van der Waals surface area contributed by atoms with E-state index in [0.29, 0.717) is 5.75 Å². The van der Waals surface area contributed by atoms with Crippen LogP contribution in [0.4, 0.5) is 5.69 Å². The fourth-order valence-corrected chi connectivity index (χ4v) is 4.00. The molecule has 2 aromatic carbocycles. The van der Waals surface area contributed by atoms with Crippen LogP contribution in [-0.4, -0.2) is 42.0 Å². The van der Waals surface area contributed by atoms with E-state index in [-0.39, 0.29) is 34.6 Å². The van der Waals surface area contributed by atoms with Crippen LogP contribution in [0.25, 0.3) is 22.3 Å². The largest absolute Gasteiger partial charge is 0.507 e. The summed E-state index contributed by atoms with van der Waals surface area (Å²) in [5.41, 5.74) is 4.64. The first-order valence-corrected chi connectivity index (χ1v) is 11.0. The average molecular weight is 479 g/mol. The molecule has 2 heterocycles. The molecule has 33 heavy (non-hydrogen) atoms. The lowest BCUT2D eigenvalue weighted by Gasteiger charge is -2.14. The normalized spacial score (nSPS) is 17.2. The van der Waals surface area contributed by atoms with Gasteiger partial charge in [0, 0.05) is 23.6 Å². The van der Waals surface area contributed by atoms with Crippen LogP contribution in [0.5, 0.6) is 23.0 Å². The number of aromatic hydroxyl groups is 2. The fourth-order valence-electron chi connectivity index (χ4n) is 3.62. The number of ether oxygens (including phenoxy) is 2. The molecular weight excluding hydrogens is 458 g/mol. The fraction of sp³-hybridized carbons (Fsp3) is 0.286. The predicted octanol–water partition coefficient (Wildman–Crippen LogP) is 2.36. The molecule has 176 valence electrons. The quantitative estimate of drug-likeness (QED) is 0.231. The molecule has 11 nitrogen and oxygen atoms in total. The van der Waals surface area contributed by atoms with Crippen molar-refractivity contribution in [1.82, 2.24) is 0 Å². The lowest BCUT2D eigenvalue weighted by molar-refractivity contribution is 0.322. The molecule has 0 radical (unpaired) electrons. The minimum absolute atomic E-state index is 0.0204. The van der Waals surface area contributed by atoms with Crippen LogP contribution in [0.3, 0.4) is 0 Å². The van der Waals surface area contributed by atoms with Crippen molar-refractivity contribution in [3.63, 3.8) is 0 Å². The van der Waals surface area contributed by atoms with Crippen LogP contribution in [0, 0.1) is 0 Å². The molecule has 0 aliphatic carbocycles. The number of hydrogen-bond donors (Lipinski definition) is 4. The molecule has 1 atom stereocenters. The van der Waals surface area contributed by atoms with Gasteiger partial charge in [-0.05, 0) is 32.0 Å². The lowest BCUT2D eigenvalue weighted by atomic mass is 9.98. The molecule has 12 heteroatoms. The first-order valence-electron chi connectivity index (χ1n) is 9.65. The van der Waals surface area contributed by atoms with Gasteiger partial charge in [-0.1, -0.05) is 0 Å². The van der Waals surface area contributed by atoms with Crippen molar-refractivity contribution in [2.75, 3.05) is 12.8 Å². The summed E-state index contributed by atoms with van der Waals surface area (Å²) in [5, 5.41) is 20.5. The Bertz CT molecular complexity index is 1440. The standard InChI is InChI=1S/C21H21NO10S/c1-21(2)15(31-21)7-10-14(32-33(26,27)28)8-12(23)16-17(24)18(25)19(30-20(10)16)9-4-5-13(29-3)11(22)6-9/h4-6,8,15,23,25H,7,22H2,1-3H3,(H,26,27,28). The third kappa shape index (κ3) is 4.15. The van der Waals surface area contributed by atoms with Crippen LogP contribution in [0.15, 0.2) is 33.5 Å². The highest BCUT2D eigenvalue weighted by Gasteiger charge is 2.48. The zero-order chi connectivity index (χ0) is 24.3. The molecule has 1 aliphatic rings. The lowest BCUT2D eigenvalue weighted by Crippen LogP contribution is -2.13. The number of benzene rings is 2. The summed E-state index contributed by atoms with van der Waals surface area (Å²) in [6, 6.07) is 5.26. The maximum absolute atomic E-state index is 13.0. The van der Waals surface area contributed by atoms with E-state index >= 15 is 0 Å². The number of anilines is 1. The Hall–Kier alpha value is -3.48. The highest BCUT2D eigenvalue weighted by atomic mass is 32.3. The van der Waals surface area contributed by atoms with Gasteiger partial charge in [-0.15, -0.1) is 0 Å². The SMILES string of the molecule is COc1ccc(-c2oc3c(CC4OC4(C)C)c(OS(=O)(=O)O)cc(O)c3c(=O)c2O)cc1N. The minimum atomic E-state index is -4.97. The topological polar surface area (TPSA) is 182 Å². The van der Waals surface area contributed by atoms with Gasteiger partial charge in [0.15, 0.2) is 11.5 Å². The minimum Gasteiger partial charge on any atom is -0.507 e. The first-order chi connectivity index (χ1) is 15.3. The van der Waals surface area contributed by atoms with Crippen LogP contribution in [0.1, 0.15) is 19.4 Å². The van der Waals surface area contributed by atoms with E-state index < -0.39 is 50.2 Å². The van der Waals surface area contributed by atoms with Gasteiger partial charge in [-0.2, -0.15) is 8.42 Å². The third-order valence-electron chi connectivity index (χ3n) is 5.42. The molecule has 4 rings (SSSR count). The Morgan fingerprint density at radius 3 is 2.39 bits per heavy atom. The van der Waals surface area contributed by atoms with Gasteiger partial charge >= 0.3 is 10.4 Å². The van der Waals surface area contributed by atoms with E-state index in [2.05, 4.69) is 4.18 Å². The summed E-state index contributed by atoms with van der Waals surface area (Å²) >= 11 is 0. The monoisotopic (exact) mass is 479 g/mol. The zero-order valence-electron chi connectivity index (χ0n) is 17.8. The first kappa shape index (κ1) is 22.7.